The van der Waals surface area contributed by atoms with Crippen LogP contribution in [0, 0.1) is 0 Å². The molecule has 17 heteroatoms. The summed E-state index contributed by atoms with van der Waals surface area (Å²) < 4.78 is 44.7. The Hall–Kier alpha value is -5.09. The molecule has 1 atom stereocenters. The number of aliphatic carboxylic acids is 1. The van der Waals surface area contributed by atoms with Crippen molar-refractivity contribution in [2.45, 2.75) is 31.6 Å². The first-order chi connectivity index (χ1) is 18.3. The summed E-state index contributed by atoms with van der Waals surface area (Å²) in [5, 5.41) is 13.0. The van der Waals surface area contributed by atoms with Gasteiger partial charge < -0.3 is 25.7 Å². The van der Waals surface area contributed by atoms with E-state index in [1.165, 1.54) is 0 Å². The molecule has 1 unspecified atom stereocenters. The number of H-pyrrole nitrogens is 1. The van der Waals surface area contributed by atoms with Gasteiger partial charge >= 0.3 is 18.1 Å². The average molecular weight is 550 g/mol. The van der Waals surface area contributed by atoms with Crippen LogP contribution in [0.15, 0.2) is 35.3 Å². The fraction of sp³-hybridized carbons (Fsp3) is 0.273. The number of nitrogens with zero attached hydrogens (tertiary/aromatic N) is 4. The van der Waals surface area contributed by atoms with Gasteiger partial charge in [0.2, 0.25) is 5.95 Å². The van der Waals surface area contributed by atoms with E-state index >= 15 is 0 Å². The molecule has 0 radical (unpaired) electrons. The van der Waals surface area contributed by atoms with Gasteiger partial charge in [0.15, 0.2) is 11.2 Å². The molecule has 39 heavy (non-hydrogen) atoms. The Morgan fingerprint density at radius 3 is 2.44 bits per heavy atom. The number of benzene rings is 1. The number of carboxylic acid groups (broad SMARTS) is 1. The second-order valence-corrected chi connectivity index (χ2v) is 7.88. The lowest BCUT2D eigenvalue weighted by Gasteiger charge is -2.24. The smallest absolute Gasteiger partial charge is 0.471 e. The van der Waals surface area contributed by atoms with E-state index in [0.29, 0.717) is 4.90 Å². The number of esters is 1. The van der Waals surface area contributed by atoms with Gasteiger partial charge in [-0.05, 0) is 37.1 Å². The van der Waals surface area contributed by atoms with Gasteiger partial charge in [-0.15, -0.1) is 0 Å². The molecule has 0 saturated heterocycles. The Labute approximate surface area is 216 Å². The molecule has 2 heterocycles. The van der Waals surface area contributed by atoms with Crippen LogP contribution in [0.2, 0.25) is 0 Å². The summed E-state index contributed by atoms with van der Waals surface area (Å²) in [5.74, 6) is -5.76. The maximum atomic E-state index is 13.4. The number of nitrogens with two attached hydrogens (primary N) is 1. The number of nitrogens with one attached hydrogen (secondary N) is 2. The molecule has 2 amide bonds. The number of carbonyl (C=O) groups excluding carboxylic acids is 4. The topological polar surface area (TPSA) is 213 Å². The maximum absolute atomic E-state index is 13.4. The van der Waals surface area contributed by atoms with E-state index < -0.39 is 54.5 Å². The Balaban J connectivity index is 1.88. The molecule has 3 rings (SSSR count). The fourth-order valence-electron chi connectivity index (χ4n) is 3.33. The summed E-state index contributed by atoms with van der Waals surface area (Å²) in [4.78, 5) is 73.5. The molecule has 1 aromatic carbocycles. The van der Waals surface area contributed by atoms with Gasteiger partial charge in [-0.3, -0.25) is 24.3 Å². The molecule has 0 fully saturated rings. The van der Waals surface area contributed by atoms with Crippen LogP contribution in [-0.2, 0) is 25.7 Å². The first-order valence-electron chi connectivity index (χ1n) is 10.9. The lowest BCUT2D eigenvalue weighted by atomic mass is 10.1. The van der Waals surface area contributed by atoms with Gasteiger partial charge in [-0.1, -0.05) is 0 Å². The number of methoxy groups -OCH3 is 1. The Bertz CT molecular complexity index is 1480. The molecule has 206 valence electrons. The number of hydrogen-bond donors (Lipinski definition) is 3. The summed E-state index contributed by atoms with van der Waals surface area (Å²) in [6, 6.07) is 2.91. The molecule has 4 N–H and O–H groups in total. The van der Waals surface area contributed by atoms with Gasteiger partial charge in [-0.2, -0.15) is 18.2 Å². The number of amides is 2. The number of anilines is 2. The number of rotatable bonds is 9. The lowest BCUT2D eigenvalue weighted by Crippen LogP contribution is -2.42. The Morgan fingerprint density at radius 1 is 1.18 bits per heavy atom. The molecule has 0 aliphatic carbocycles. The molecular weight excluding hydrogens is 531 g/mol. The highest BCUT2D eigenvalue weighted by Gasteiger charge is 2.43. The minimum atomic E-state index is -5.29. The van der Waals surface area contributed by atoms with E-state index in [1.807, 2.05) is 0 Å². The lowest BCUT2D eigenvalue weighted by molar-refractivity contribution is -0.305. The second kappa shape index (κ2) is 11.5. The maximum Gasteiger partial charge on any atom is 0.471 e. The van der Waals surface area contributed by atoms with Crippen molar-refractivity contribution in [3.8, 4) is 0 Å². The number of ether oxygens (including phenoxy) is 1. The van der Waals surface area contributed by atoms with Crippen molar-refractivity contribution in [3.05, 3.63) is 52.1 Å². The summed E-state index contributed by atoms with van der Waals surface area (Å²) in [7, 11) is 1.03. The van der Waals surface area contributed by atoms with Gasteiger partial charge in [0.1, 0.15) is 6.04 Å². The summed E-state index contributed by atoms with van der Waals surface area (Å²) >= 11 is 0. The van der Waals surface area contributed by atoms with Crippen LogP contribution in [0.25, 0.3) is 11.2 Å². The molecule has 2 aromatic heterocycles. The SMILES string of the molecule is COC(=O)C(CCC(=O)[O-])NC(=O)c1ccc(N(Cc2cnc3nc(N)[nH]c(=O)c3n2)C(=O)C(F)(F)F)cc1. The zero-order valence-electron chi connectivity index (χ0n) is 19.9. The van der Waals surface area contributed by atoms with E-state index in [1.54, 1.807) is 0 Å². The minimum absolute atomic E-state index is 0.124. The van der Waals surface area contributed by atoms with Crippen molar-refractivity contribution in [3.63, 3.8) is 0 Å². The quantitative estimate of drug-likeness (QED) is 0.280. The van der Waals surface area contributed by atoms with Crippen LogP contribution >= 0.6 is 0 Å². The zero-order chi connectivity index (χ0) is 28.9. The van der Waals surface area contributed by atoms with E-state index in [-0.39, 0.29) is 40.5 Å². The molecule has 3 aromatic rings. The number of aromatic amines is 1. The summed E-state index contributed by atoms with van der Waals surface area (Å²) in [6.45, 7) is -0.760. The van der Waals surface area contributed by atoms with Crippen molar-refractivity contribution in [1.82, 2.24) is 25.3 Å². The number of alkyl halides is 3. The number of carbonyl (C=O) groups is 4. The number of carboxylic acids is 1. The molecule has 0 spiro atoms. The third-order valence-corrected chi connectivity index (χ3v) is 5.16. The van der Waals surface area contributed by atoms with Gasteiger partial charge in [-0.25, -0.2) is 14.8 Å². The highest BCUT2D eigenvalue weighted by Crippen LogP contribution is 2.26. The minimum Gasteiger partial charge on any atom is -0.550 e. The highest BCUT2D eigenvalue weighted by atomic mass is 19.4. The molecule has 0 bridgehead atoms. The number of halogens is 3. The van der Waals surface area contributed by atoms with Crippen LogP contribution in [0.5, 0.6) is 0 Å². The van der Waals surface area contributed by atoms with Crippen molar-refractivity contribution in [2.24, 2.45) is 0 Å². The molecular formula is C22H19F3N7O7-. The molecule has 0 saturated carbocycles. The fourth-order valence-corrected chi connectivity index (χ4v) is 3.33. The van der Waals surface area contributed by atoms with Crippen LogP contribution in [-0.4, -0.2) is 63.0 Å². The number of hydrogen-bond acceptors (Lipinski definition) is 11. The largest absolute Gasteiger partial charge is 0.550 e. The van der Waals surface area contributed by atoms with Crippen molar-refractivity contribution >= 4 is 46.6 Å². The number of nitrogen functional groups attached to an aromatic ring is 1. The standard InChI is InChI=1S/C22H20F3N7O7/c1-39-19(37)13(6-7-14(33)34)29-17(35)10-2-4-12(5-3-10)32(20(38)22(23,24)25)9-11-8-27-16-15(28-11)18(36)31-21(26)30-16/h2-5,8,13H,6-7,9H2,1H3,(H,29,35)(H,33,34)(H3,26,27,30,31,36)/p-1. The van der Waals surface area contributed by atoms with Gasteiger partial charge in [0, 0.05) is 17.2 Å². The first-order valence-corrected chi connectivity index (χ1v) is 10.9. The van der Waals surface area contributed by atoms with Gasteiger partial charge in [0.25, 0.3) is 11.5 Å². The van der Waals surface area contributed by atoms with Crippen LogP contribution in [0.1, 0.15) is 28.9 Å². The van der Waals surface area contributed by atoms with Crippen molar-refractivity contribution < 1.29 is 42.2 Å². The predicted octanol–water partition coefficient (Wildman–Crippen LogP) is -0.808. The molecule has 0 aliphatic rings. The summed E-state index contributed by atoms with van der Waals surface area (Å²) in [6.07, 6.45) is -5.16. The number of aromatic nitrogens is 4. The van der Waals surface area contributed by atoms with Crippen LogP contribution in [0.3, 0.4) is 0 Å². The molecule has 0 aliphatic heterocycles. The third-order valence-electron chi connectivity index (χ3n) is 5.16. The van der Waals surface area contributed by atoms with E-state index in [9.17, 15) is 42.3 Å². The van der Waals surface area contributed by atoms with Gasteiger partial charge in [0.05, 0.1) is 25.5 Å². The second-order valence-electron chi connectivity index (χ2n) is 7.88. The number of fused-ring (bicyclic) bond motifs is 1. The Kier molecular flexibility index (Phi) is 8.42. The van der Waals surface area contributed by atoms with Crippen LogP contribution in [0.4, 0.5) is 24.8 Å². The predicted molar refractivity (Wildman–Crippen MR) is 124 cm³/mol. The monoisotopic (exact) mass is 550 g/mol. The third kappa shape index (κ3) is 7.02. The molecule has 14 nitrogen and oxygen atoms in total. The van der Waals surface area contributed by atoms with Crippen LogP contribution < -0.4 is 26.6 Å². The van der Waals surface area contributed by atoms with E-state index in [4.69, 9.17) is 5.73 Å². The first kappa shape index (κ1) is 28.5. The van der Waals surface area contributed by atoms with E-state index in [2.05, 4.69) is 30.0 Å². The summed E-state index contributed by atoms with van der Waals surface area (Å²) in [5.41, 5.74) is 3.56. The van der Waals surface area contributed by atoms with Crippen molar-refractivity contribution in [2.75, 3.05) is 17.7 Å². The Morgan fingerprint density at radius 2 is 1.85 bits per heavy atom. The van der Waals surface area contributed by atoms with Crippen molar-refractivity contribution in [1.29, 1.82) is 0 Å². The normalized spacial score (nSPS) is 12.0. The highest BCUT2D eigenvalue weighted by molar-refractivity contribution is 5.99. The average Bonchev–Trinajstić information content (AvgIpc) is 2.88. The van der Waals surface area contributed by atoms with E-state index in [0.717, 1.165) is 37.6 Å². The zero-order valence-corrected chi connectivity index (χ0v) is 19.9.